The second-order valence-corrected chi connectivity index (χ2v) is 7.44. The molecule has 8 heteroatoms. The number of carbonyl (C=O) groups is 3. The van der Waals surface area contributed by atoms with Crippen molar-refractivity contribution in [3.63, 3.8) is 0 Å². The average molecular weight is 397 g/mol. The van der Waals surface area contributed by atoms with Crippen LogP contribution in [-0.2, 0) is 13.1 Å². The van der Waals surface area contributed by atoms with E-state index < -0.39 is 0 Å². The number of amides is 3. The summed E-state index contributed by atoms with van der Waals surface area (Å²) in [6, 6.07) is 8.63. The summed E-state index contributed by atoms with van der Waals surface area (Å²) in [5, 5.41) is 10.1. The highest BCUT2D eigenvalue weighted by Gasteiger charge is 2.33. The molecule has 0 saturated carbocycles. The topological polar surface area (TPSA) is 96.3 Å². The summed E-state index contributed by atoms with van der Waals surface area (Å²) >= 11 is 0. The third kappa shape index (κ3) is 4.47. The second-order valence-electron chi connectivity index (χ2n) is 7.44. The van der Waals surface area contributed by atoms with Crippen molar-refractivity contribution in [3.05, 3.63) is 47.2 Å². The predicted octanol–water partition coefficient (Wildman–Crippen LogP) is 3.26. The van der Waals surface area contributed by atoms with Crippen molar-refractivity contribution in [2.24, 2.45) is 5.92 Å². The fourth-order valence-corrected chi connectivity index (χ4v) is 3.17. The van der Waals surface area contributed by atoms with E-state index in [0.29, 0.717) is 35.7 Å². The van der Waals surface area contributed by atoms with Crippen LogP contribution in [0.5, 0.6) is 0 Å². The molecule has 1 aromatic carbocycles. The van der Waals surface area contributed by atoms with Gasteiger partial charge in [-0.15, -0.1) is 5.10 Å². The zero-order chi connectivity index (χ0) is 21.0. The van der Waals surface area contributed by atoms with Crippen molar-refractivity contribution >= 4 is 23.7 Å². The van der Waals surface area contributed by atoms with Crippen molar-refractivity contribution in [1.82, 2.24) is 20.0 Å². The van der Waals surface area contributed by atoms with E-state index in [1.165, 1.54) is 4.68 Å². The first kappa shape index (κ1) is 20.6. The van der Waals surface area contributed by atoms with E-state index in [-0.39, 0.29) is 30.3 Å². The minimum atomic E-state index is -0.305. The quantitative estimate of drug-likeness (QED) is 0.731. The number of unbranched alkanes of at least 4 members (excludes halogenated alkanes) is 1. The van der Waals surface area contributed by atoms with Gasteiger partial charge in [0.2, 0.25) is 5.91 Å². The Morgan fingerprint density at radius 3 is 2.52 bits per heavy atom. The highest BCUT2D eigenvalue weighted by atomic mass is 16.2. The smallest absolute Gasteiger partial charge is 0.318 e. The van der Waals surface area contributed by atoms with Gasteiger partial charge in [0.1, 0.15) is 0 Å². The Balaban J connectivity index is 1.84. The number of hydrogen-bond acceptors (Lipinski definition) is 4. The highest BCUT2D eigenvalue weighted by molar-refractivity contribution is 6.04. The van der Waals surface area contributed by atoms with E-state index in [2.05, 4.69) is 22.7 Å². The van der Waals surface area contributed by atoms with Crippen LogP contribution >= 0.6 is 0 Å². The van der Waals surface area contributed by atoms with Gasteiger partial charge in [-0.2, -0.15) is 0 Å². The molecule has 154 valence electrons. The van der Waals surface area contributed by atoms with Gasteiger partial charge in [0.05, 0.1) is 18.8 Å². The van der Waals surface area contributed by atoms with Gasteiger partial charge in [0, 0.05) is 23.6 Å². The Hall–Kier alpha value is -3.16. The molecule has 1 aliphatic rings. The number of fused-ring (bicyclic) bond motifs is 1. The Bertz CT molecular complexity index is 905. The summed E-state index contributed by atoms with van der Waals surface area (Å²) in [6.07, 6.45) is 1.90. The first-order chi connectivity index (χ1) is 13.9. The lowest BCUT2D eigenvalue weighted by molar-refractivity contribution is 0.0832. The predicted molar refractivity (Wildman–Crippen MR) is 110 cm³/mol. The van der Waals surface area contributed by atoms with Crippen LogP contribution in [0.1, 0.15) is 60.0 Å². The summed E-state index contributed by atoms with van der Waals surface area (Å²) in [5.41, 5.74) is 1.85. The van der Waals surface area contributed by atoms with Crippen LogP contribution in [0, 0.1) is 5.92 Å². The molecule has 8 nitrogen and oxygen atoms in total. The Kier molecular flexibility index (Phi) is 6.31. The third-order valence-corrected chi connectivity index (χ3v) is 4.84. The van der Waals surface area contributed by atoms with E-state index in [0.717, 1.165) is 12.8 Å². The van der Waals surface area contributed by atoms with Gasteiger partial charge >= 0.3 is 6.03 Å². The van der Waals surface area contributed by atoms with Crippen LogP contribution in [0.15, 0.2) is 30.3 Å². The third-order valence-electron chi connectivity index (χ3n) is 4.84. The van der Waals surface area contributed by atoms with Crippen molar-refractivity contribution < 1.29 is 14.4 Å². The standard InChI is InChI=1S/C21H27N5O3/c1-4-5-11-22-21(29)25-12-16-17(13-25)26(20(28)14(2)3)24-18(16)23-19(27)15-9-7-6-8-10-15/h6-10,14H,4-5,11-13H2,1-3H3,(H,22,29)(H,23,24,27). The molecule has 2 N–H and O–H groups in total. The molecular weight excluding hydrogens is 370 g/mol. The van der Waals surface area contributed by atoms with Gasteiger partial charge < -0.3 is 15.5 Å². The molecule has 1 aliphatic heterocycles. The number of anilines is 1. The Labute approximate surface area is 170 Å². The van der Waals surface area contributed by atoms with Gasteiger partial charge in [-0.05, 0) is 18.6 Å². The number of benzene rings is 1. The van der Waals surface area contributed by atoms with Gasteiger partial charge in [-0.1, -0.05) is 45.4 Å². The molecule has 3 amide bonds. The van der Waals surface area contributed by atoms with Crippen LogP contribution in [0.3, 0.4) is 0 Å². The van der Waals surface area contributed by atoms with E-state index in [1.807, 2.05) is 6.07 Å². The van der Waals surface area contributed by atoms with Crippen LogP contribution < -0.4 is 10.6 Å². The molecule has 0 aliphatic carbocycles. The zero-order valence-electron chi connectivity index (χ0n) is 17.1. The van der Waals surface area contributed by atoms with Crippen molar-refractivity contribution in [2.75, 3.05) is 11.9 Å². The first-order valence-corrected chi connectivity index (χ1v) is 9.96. The molecule has 0 spiro atoms. The van der Waals surface area contributed by atoms with Gasteiger partial charge in [-0.3, -0.25) is 9.59 Å². The van der Waals surface area contributed by atoms with Crippen molar-refractivity contribution in [1.29, 1.82) is 0 Å². The number of hydrogen-bond donors (Lipinski definition) is 2. The largest absolute Gasteiger partial charge is 0.338 e. The second kappa shape index (κ2) is 8.89. The minimum Gasteiger partial charge on any atom is -0.338 e. The van der Waals surface area contributed by atoms with Gasteiger partial charge in [-0.25, -0.2) is 9.48 Å². The van der Waals surface area contributed by atoms with Crippen LogP contribution in [0.4, 0.5) is 10.6 Å². The molecule has 0 saturated heterocycles. The van der Waals surface area contributed by atoms with Crippen molar-refractivity contribution in [2.45, 2.75) is 46.7 Å². The summed E-state index contributed by atoms with van der Waals surface area (Å²) < 4.78 is 1.33. The van der Waals surface area contributed by atoms with Crippen LogP contribution in [0.2, 0.25) is 0 Å². The Morgan fingerprint density at radius 2 is 1.86 bits per heavy atom. The number of urea groups is 1. The SMILES string of the molecule is CCCCNC(=O)N1Cc2c(NC(=O)c3ccccc3)nn(C(=O)C(C)C)c2C1. The van der Waals surface area contributed by atoms with E-state index in [1.54, 1.807) is 43.0 Å². The maximum atomic E-state index is 12.6. The number of nitrogens with zero attached hydrogens (tertiary/aromatic N) is 3. The summed E-state index contributed by atoms with van der Waals surface area (Å²) in [5.74, 6) is -0.411. The first-order valence-electron chi connectivity index (χ1n) is 9.96. The maximum absolute atomic E-state index is 12.6. The monoisotopic (exact) mass is 397 g/mol. The number of aromatic nitrogens is 2. The highest BCUT2D eigenvalue weighted by Crippen LogP contribution is 2.30. The number of nitrogens with one attached hydrogen (secondary N) is 2. The molecular formula is C21H27N5O3. The summed E-state index contributed by atoms with van der Waals surface area (Å²) in [7, 11) is 0. The fourth-order valence-electron chi connectivity index (χ4n) is 3.17. The molecule has 2 aromatic rings. The molecule has 0 unspecified atom stereocenters. The maximum Gasteiger partial charge on any atom is 0.318 e. The van der Waals surface area contributed by atoms with Crippen LogP contribution in [0.25, 0.3) is 0 Å². The molecule has 1 aromatic heterocycles. The lowest BCUT2D eigenvalue weighted by atomic mass is 10.2. The summed E-state index contributed by atoms with van der Waals surface area (Å²) in [4.78, 5) is 39.3. The van der Waals surface area contributed by atoms with E-state index in [9.17, 15) is 14.4 Å². The fraction of sp³-hybridized carbons (Fsp3) is 0.429. The zero-order valence-corrected chi connectivity index (χ0v) is 17.1. The molecule has 29 heavy (non-hydrogen) atoms. The lowest BCUT2D eigenvalue weighted by Crippen LogP contribution is -2.37. The molecule has 0 atom stereocenters. The molecule has 3 rings (SSSR count). The van der Waals surface area contributed by atoms with Crippen LogP contribution in [-0.4, -0.2) is 39.1 Å². The normalized spacial score (nSPS) is 12.8. The molecule has 0 fully saturated rings. The van der Waals surface area contributed by atoms with Gasteiger partial charge in [0.15, 0.2) is 5.82 Å². The lowest BCUT2D eigenvalue weighted by Gasteiger charge is -2.17. The van der Waals surface area contributed by atoms with Gasteiger partial charge in [0.25, 0.3) is 5.91 Å². The average Bonchev–Trinajstić information content (AvgIpc) is 3.28. The van der Waals surface area contributed by atoms with E-state index >= 15 is 0 Å². The number of carbonyl (C=O) groups excluding carboxylic acids is 3. The molecule has 2 heterocycles. The Morgan fingerprint density at radius 1 is 1.14 bits per heavy atom. The van der Waals surface area contributed by atoms with E-state index in [4.69, 9.17) is 0 Å². The molecule has 0 radical (unpaired) electrons. The number of rotatable bonds is 6. The minimum absolute atomic E-state index is 0.172. The van der Waals surface area contributed by atoms with Crippen molar-refractivity contribution in [3.8, 4) is 0 Å². The summed E-state index contributed by atoms with van der Waals surface area (Å²) in [6.45, 7) is 6.83. The molecule has 0 bridgehead atoms.